The summed E-state index contributed by atoms with van der Waals surface area (Å²) in [5.74, 6) is 2.95. The summed E-state index contributed by atoms with van der Waals surface area (Å²) in [7, 11) is 0. The maximum Gasteiger partial charge on any atom is 0.319 e. The number of nitrogens with two attached hydrogens (primary N) is 1. The molecule has 5 rings (SSSR count). The zero-order chi connectivity index (χ0) is 22.3. The number of pyridine rings is 1. The maximum absolute atomic E-state index is 12.1. The Kier molecular flexibility index (Phi) is 5.70. The van der Waals surface area contributed by atoms with E-state index in [2.05, 4.69) is 32.8 Å². The molecule has 0 bridgehead atoms. The van der Waals surface area contributed by atoms with Crippen molar-refractivity contribution in [2.75, 3.05) is 29.4 Å². The van der Waals surface area contributed by atoms with Crippen LogP contribution in [0.5, 0.6) is 0 Å². The Morgan fingerprint density at radius 1 is 1.19 bits per heavy atom. The number of nitrogens with zero attached hydrogens (tertiary/aromatic N) is 5. The zero-order valence-corrected chi connectivity index (χ0v) is 19.3. The van der Waals surface area contributed by atoms with Gasteiger partial charge in [-0.15, -0.1) is 0 Å². The Labute approximate surface area is 194 Å². The molecule has 0 unspecified atom stereocenters. The molecule has 2 aliphatic carbocycles. The second-order valence-electron chi connectivity index (χ2n) is 9.93. The first-order chi connectivity index (χ1) is 15.4. The average Bonchev–Trinajstić information content (AvgIpc) is 3.72. The highest BCUT2D eigenvalue weighted by molar-refractivity contribution is 6.30. The number of rotatable bonds is 7. The third kappa shape index (κ3) is 4.53. The summed E-state index contributed by atoms with van der Waals surface area (Å²) in [6.07, 6.45) is 12.1. The van der Waals surface area contributed by atoms with Crippen molar-refractivity contribution in [1.29, 1.82) is 0 Å². The van der Waals surface area contributed by atoms with Crippen LogP contribution >= 0.6 is 11.6 Å². The monoisotopic (exact) mass is 454 g/mol. The molecule has 1 aliphatic heterocycles. The second kappa shape index (κ2) is 8.50. The summed E-state index contributed by atoms with van der Waals surface area (Å²) >= 11 is 5.90. The van der Waals surface area contributed by atoms with Gasteiger partial charge in [0, 0.05) is 30.7 Å². The fourth-order valence-electron chi connectivity index (χ4n) is 5.18. The Balaban J connectivity index is 1.11. The van der Waals surface area contributed by atoms with E-state index in [4.69, 9.17) is 17.3 Å². The number of piperidine rings is 1. The smallest absolute Gasteiger partial charge is 0.319 e. The van der Waals surface area contributed by atoms with Gasteiger partial charge in [-0.05, 0) is 68.4 Å². The predicted octanol–water partition coefficient (Wildman–Crippen LogP) is 4.40. The van der Waals surface area contributed by atoms with Crippen LogP contribution in [0, 0.1) is 17.8 Å². The molecule has 2 aromatic rings. The molecule has 3 aliphatic rings. The van der Waals surface area contributed by atoms with Crippen molar-refractivity contribution in [2.45, 2.75) is 50.9 Å². The molecule has 2 saturated carbocycles. The largest absolute Gasteiger partial charge is 0.351 e. The van der Waals surface area contributed by atoms with Crippen LogP contribution < -0.4 is 15.5 Å². The number of hydrogen-bond acceptors (Lipinski definition) is 5. The minimum absolute atomic E-state index is 0.229. The first kappa shape index (κ1) is 21.4. The van der Waals surface area contributed by atoms with Crippen molar-refractivity contribution in [3.8, 4) is 0 Å². The SMILES string of the molecule is CC1(c2ccc(N(CC[C@@H]3C[C@@H]3C3CCN(c4ncc(Cl)cn4)CC3)C(N)=O)cn2)CC1. The first-order valence-corrected chi connectivity index (χ1v) is 12.1. The Morgan fingerprint density at radius 3 is 2.50 bits per heavy atom. The highest BCUT2D eigenvalue weighted by atomic mass is 35.5. The van der Waals surface area contributed by atoms with Gasteiger partial charge in [-0.3, -0.25) is 9.88 Å². The standard InChI is InChI=1S/C24H31ClN6O/c1-24(7-8-24)21-3-2-19(15-27-21)31(22(26)32)11-6-17-12-20(17)16-4-9-30(10-5-16)23-28-13-18(25)14-29-23/h2-3,13-17,20H,4-12H2,1H3,(H2,26,32)/t17-,20-/m1/s1. The molecule has 2 amide bonds. The fraction of sp³-hybridized carbons (Fsp3) is 0.583. The first-order valence-electron chi connectivity index (χ1n) is 11.7. The molecule has 8 heteroatoms. The number of anilines is 2. The highest BCUT2D eigenvalue weighted by Gasteiger charge is 2.44. The number of carbonyl (C=O) groups excluding carboxylic acids is 1. The van der Waals surface area contributed by atoms with E-state index in [0.717, 1.165) is 61.5 Å². The maximum atomic E-state index is 12.1. The molecule has 0 spiro atoms. The van der Waals surface area contributed by atoms with E-state index in [0.29, 0.717) is 17.5 Å². The minimum Gasteiger partial charge on any atom is -0.351 e. The van der Waals surface area contributed by atoms with Crippen LogP contribution in [0.25, 0.3) is 0 Å². The Morgan fingerprint density at radius 2 is 1.91 bits per heavy atom. The third-order valence-electron chi connectivity index (χ3n) is 7.68. The summed E-state index contributed by atoms with van der Waals surface area (Å²) in [6, 6.07) is 3.65. The highest BCUT2D eigenvalue weighted by Crippen LogP contribution is 2.50. The van der Waals surface area contributed by atoms with Crippen LogP contribution in [-0.2, 0) is 5.41 Å². The number of halogens is 1. The number of carbonyl (C=O) groups is 1. The van der Waals surface area contributed by atoms with Crippen LogP contribution in [0.4, 0.5) is 16.4 Å². The predicted molar refractivity (Wildman–Crippen MR) is 126 cm³/mol. The zero-order valence-electron chi connectivity index (χ0n) is 18.6. The lowest BCUT2D eigenvalue weighted by Gasteiger charge is -2.32. The minimum atomic E-state index is -0.398. The van der Waals surface area contributed by atoms with Crippen molar-refractivity contribution in [3.05, 3.63) is 41.4 Å². The summed E-state index contributed by atoms with van der Waals surface area (Å²) in [6.45, 7) is 4.87. The van der Waals surface area contributed by atoms with Gasteiger partial charge >= 0.3 is 6.03 Å². The molecule has 0 radical (unpaired) electrons. The Bertz CT molecular complexity index is 953. The van der Waals surface area contributed by atoms with E-state index < -0.39 is 6.03 Å². The van der Waals surface area contributed by atoms with Crippen LogP contribution in [-0.4, -0.2) is 40.6 Å². The molecule has 3 fully saturated rings. The third-order valence-corrected chi connectivity index (χ3v) is 7.87. The quantitative estimate of drug-likeness (QED) is 0.669. The van der Waals surface area contributed by atoms with E-state index in [-0.39, 0.29) is 5.41 Å². The van der Waals surface area contributed by atoms with Crippen LogP contribution in [0.2, 0.25) is 5.02 Å². The lowest BCUT2D eigenvalue weighted by Crippen LogP contribution is -2.37. The average molecular weight is 455 g/mol. The molecule has 2 aromatic heterocycles. The Hall–Kier alpha value is -2.41. The number of aromatic nitrogens is 3. The summed E-state index contributed by atoms with van der Waals surface area (Å²) in [5.41, 5.74) is 7.85. The molecular weight excluding hydrogens is 424 g/mol. The summed E-state index contributed by atoms with van der Waals surface area (Å²) < 4.78 is 0. The molecular formula is C24H31ClN6O. The molecule has 0 aromatic carbocycles. The van der Waals surface area contributed by atoms with Crippen molar-refractivity contribution >= 4 is 29.3 Å². The topological polar surface area (TPSA) is 88.2 Å². The lowest BCUT2D eigenvalue weighted by atomic mass is 9.90. The molecule has 170 valence electrons. The van der Waals surface area contributed by atoms with E-state index >= 15 is 0 Å². The van der Waals surface area contributed by atoms with Gasteiger partial charge in [-0.1, -0.05) is 18.5 Å². The van der Waals surface area contributed by atoms with Gasteiger partial charge in [0.1, 0.15) is 0 Å². The van der Waals surface area contributed by atoms with Crippen molar-refractivity contribution in [3.63, 3.8) is 0 Å². The van der Waals surface area contributed by atoms with Gasteiger partial charge in [-0.25, -0.2) is 14.8 Å². The van der Waals surface area contributed by atoms with E-state index in [1.54, 1.807) is 17.3 Å². The summed E-state index contributed by atoms with van der Waals surface area (Å²) in [4.78, 5) is 29.3. The van der Waals surface area contributed by atoms with Crippen LogP contribution in [0.15, 0.2) is 30.7 Å². The molecule has 1 saturated heterocycles. The molecule has 2 N–H and O–H groups in total. The molecule has 3 heterocycles. The van der Waals surface area contributed by atoms with Crippen LogP contribution in [0.3, 0.4) is 0 Å². The van der Waals surface area contributed by atoms with Gasteiger partial charge in [0.2, 0.25) is 5.95 Å². The van der Waals surface area contributed by atoms with Crippen LogP contribution in [0.1, 0.15) is 51.1 Å². The molecule has 7 nitrogen and oxygen atoms in total. The van der Waals surface area contributed by atoms with Crippen molar-refractivity contribution < 1.29 is 4.79 Å². The van der Waals surface area contributed by atoms with Crippen molar-refractivity contribution in [1.82, 2.24) is 15.0 Å². The van der Waals surface area contributed by atoms with Crippen molar-refractivity contribution in [2.24, 2.45) is 23.5 Å². The number of urea groups is 1. The van der Waals surface area contributed by atoms with Gasteiger partial charge in [0.05, 0.1) is 29.3 Å². The van der Waals surface area contributed by atoms with Gasteiger partial charge in [-0.2, -0.15) is 0 Å². The number of hydrogen-bond donors (Lipinski definition) is 1. The molecule has 2 atom stereocenters. The van der Waals surface area contributed by atoms with Gasteiger partial charge in [0.15, 0.2) is 0 Å². The van der Waals surface area contributed by atoms with Gasteiger partial charge < -0.3 is 10.6 Å². The second-order valence-corrected chi connectivity index (χ2v) is 10.4. The van der Waals surface area contributed by atoms with E-state index in [1.165, 1.54) is 19.3 Å². The summed E-state index contributed by atoms with van der Waals surface area (Å²) in [5, 5.41) is 0.568. The lowest BCUT2D eigenvalue weighted by molar-refractivity contribution is 0.253. The molecule has 32 heavy (non-hydrogen) atoms. The number of primary amides is 1. The van der Waals surface area contributed by atoms with E-state index in [1.807, 2.05) is 12.3 Å². The number of amides is 2. The normalized spacial score (nSPS) is 24.2. The fourth-order valence-corrected chi connectivity index (χ4v) is 5.28. The van der Waals surface area contributed by atoms with Gasteiger partial charge in [0.25, 0.3) is 0 Å². The van der Waals surface area contributed by atoms with E-state index in [9.17, 15) is 4.79 Å².